The number of benzene rings is 2. The van der Waals surface area contributed by atoms with E-state index in [9.17, 15) is 43.5 Å². The molecule has 0 radical (unpaired) electrons. The molecule has 21 nitrogen and oxygen atoms in total. The second-order valence-corrected chi connectivity index (χ2v) is 18.4. The van der Waals surface area contributed by atoms with Gasteiger partial charge in [-0.15, -0.1) is 0 Å². The summed E-state index contributed by atoms with van der Waals surface area (Å²) >= 11 is 0. The fraction of sp³-hybridized carbons (Fsp3) is 0.543. The molecule has 11 N–H and O–H groups in total. The maximum atomic E-state index is 13.9. The number of amides is 6. The van der Waals surface area contributed by atoms with Crippen molar-refractivity contribution in [1.29, 1.82) is 0 Å². The van der Waals surface area contributed by atoms with Crippen LogP contribution in [-0.2, 0) is 51.1 Å². The van der Waals surface area contributed by atoms with Gasteiger partial charge in [-0.3, -0.25) is 29.0 Å². The third-order valence-electron chi connectivity index (χ3n) is 9.27. The Morgan fingerprint density at radius 2 is 1.15 bits per heavy atom. The van der Waals surface area contributed by atoms with Crippen molar-refractivity contribution in [2.75, 3.05) is 6.54 Å². The number of nitrogens with two attached hydrogens (primary N) is 2. The van der Waals surface area contributed by atoms with E-state index in [2.05, 4.69) is 36.9 Å². The molecule has 0 heterocycles. The van der Waals surface area contributed by atoms with Crippen LogP contribution >= 0.6 is 0 Å². The number of aliphatic carboxylic acids is 1. The van der Waals surface area contributed by atoms with Crippen LogP contribution in [0.4, 0.5) is 9.59 Å². The van der Waals surface area contributed by atoms with Crippen LogP contribution < -0.4 is 48.1 Å². The minimum absolute atomic E-state index is 0.00386. The molecule has 0 aliphatic heterocycles. The van der Waals surface area contributed by atoms with Gasteiger partial charge in [0.1, 0.15) is 47.2 Å². The van der Waals surface area contributed by atoms with E-state index in [-0.39, 0.29) is 49.7 Å². The van der Waals surface area contributed by atoms with E-state index < -0.39 is 102 Å². The second kappa shape index (κ2) is 26.3. The largest absolute Gasteiger partial charge is 0.514 e. The van der Waals surface area contributed by atoms with Crippen molar-refractivity contribution < 1.29 is 57.7 Å². The number of nitrogens with zero attached hydrogens (tertiary/aromatic N) is 1. The molecule has 370 valence electrons. The molecular formula is C46H69N9O12. The lowest BCUT2D eigenvalue weighted by molar-refractivity contribution is -0.142. The molecule has 0 unspecified atom stereocenters. The third kappa shape index (κ3) is 23.2. The standard InChI is InChI=1S/C46H69N9O12/c1-26(2)22-33(39(59)53-32(41(61)62)21-16-27(3)50-42(47)48)54-40(60)34(23-29-14-12-11-13-15-29)52-36(56)25-49-37(57)28(4)51-38(58)35(55-43(63)66-45(5,6)7)24-30-17-19-31(20-18-30)65-44(64)67-46(8,9)10/h11-15,17-20,26-28,32-35H,16,21-25H2,1-10H3,(H,49,57)(H,51,58)(H,52,56)(H,53,59)(H,54,60)(H,55,63)(H,61,62)(H4,47,48,50)/t27-,28-,32+,33-,34-,35-/m0/s1. The van der Waals surface area contributed by atoms with Gasteiger partial charge in [-0.25, -0.2) is 14.4 Å². The Morgan fingerprint density at radius 3 is 1.69 bits per heavy atom. The number of ether oxygens (including phenoxy) is 3. The van der Waals surface area contributed by atoms with Crippen molar-refractivity contribution in [3.63, 3.8) is 0 Å². The molecule has 0 aliphatic rings. The fourth-order valence-electron chi connectivity index (χ4n) is 6.19. The summed E-state index contributed by atoms with van der Waals surface area (Å²) in [5, 5.41) is 25.1. The molecule has 0 saturated heterocycles. The molecule has 21 heteroatoms. The number of carboxylic acid groups (broad SMARTS) is 1. The number of rotatable bonds is 23. The Hall–Kier alpha value is -6.93. The molecule has 0 fully saturated rings. The van der Waals surface area contributed by atoms with E-state index in [1.165, 1.54) is 19.1 Å². The van der Waals surface area contributed by atoms with E-state index in [1.807, 2.05) is 13.8 Å². The summed E-state index contributed by atoms with van der Waals surface area (Å²) in [4.78, 5) is 109. The minimum atomic E-state index is -1.31. The Morgan fingerprint density at radius 1 is 0.627 bits per heavy atom. The molecule has 6 atom stereocenters. The summed E-state index contributed by atoms with van der Waals surface area (Å²) in [5.74, 6) is -5.21. The highest BCUT2D eigenvalue weighted by Crippen LogP contribution is 2.17. The lowest BCUT2D eigenvalue weighted by Crippen LogP contribution is -2.57. The number of alkyl carbamates (subject to hydrolysis) is 1. The van der Waals surface area contributed by atoms with Crippen molar-refractivity contribution in [3.8, 4) is 5.75 Å². The Labute approximate surface area is 391 Å². The van der Waals surface area contributed by atoms with Crippen LogP contribution in [0.3, 0.4) is 0 Å². The summed E-state index contributed by atoms with van der Waals surface area (Å²) in [6.07, 6.45) is -1.52. The average molecular weight is 940 g/mol. The van der Waals surface area contributed by atoms with Gasteiger partial charge in [-0.1, -0.05) is 56.3 Å². The monoisotopic (exact) mass is 940 g/mol. The van der Waals surface area contributed by atoms with Gasteiger partial charge < -0.3 is 62.7 Å². The molecule has 0 aliphatic carbocycles. The zero-order valence-corrected chi connectivity index (χ0v) is 40.0. The zero-order chi connectivity index (χ0) is 50.6. The molecule has 6 amide bonds. The first-order chi connectivity index (χ1) is 31.1. The van der Waals surface area contributed by atoms with Gasteiger partial charge in [0.2, 0.25) is 29.5 Å². The summed E-state index contributed by atoms with van der Waals surface area (Å²) in [7, 11) is 0. The maximum absolute atomic E-state index is 13.9. The number of hydrogen-bond acceptors (Lipinski definition) is 12. The summed E-state index contributed by atoms with van der Waals surface area (Å²) in [6.45, 7) is 16.1. The van der Waals surface area contributed by atoms with Gasteiger partial charge >= 0.3 is 18.2 Å². The lowest BCUT2D eigenvalue weighted by Gasteiger charge is -2.26. The number of nitrogens with one attached hydrogen (secondary N) is 6. The van der Waals surface area contributed by atoms with Crippen LogP contribution in [0, 0.1) is 5.92 Å². The molecule has 0 spiro atoms. The summed E-state index contributed by atoms with van der Waals surface area (Å²) in [5.41, 5.74) is 10.4. The number of hydrogen-bond donors (Lipinski definition) is 9. The summed E-state index contributed by atoms with van der Waals surface area (Å²) in [6, 6.07) is 8.19. The highest BCUT2D eigenvalue weighted by molar-refractivity contribution is 5.95. The van der Waals surface area contributed by atoms with Crippen molar-refractivity contribution >= 4 is 53.7 Å². The number of guanidine groups is 1. The summed E-state index contributed by atoms with van der Waals surface area (Å²) < 4.78 is 15.7. The number of carboxylic acids is 1. The molecule has 0 bridgehead atoms. The maximum Gasteiger partial charge on any atom is 0.514 e. The van der Waals surface area contributed by atoms with Crippen LogP contribution in [0.25, 0.3) is 0 Å². The Kier molecular flexibility index (Phi) is 22.0. The van der Waals surface area contributed by atoms with Gasteiger partial charge in [-0.2, -0.15) is 0 Å². The van der Waals surface area contributed by atoms with Gasteiger partial charge in [0, 0.05) is 12.8 Å². The van der Waals surface area contributed by atoms with Crippen LogP contribution in [0.15, 0.2) is 59.6 Å². The lowest BCUT2D eigenvalue weighted by atomic mass is 10.00. The number of carbonyl (C=O) groups excluding carboxylic acids is 7. The predicted molar refractivity (Wildman–Crippen MR) is 248 cm³/mol. The van der Waals surface area contributed by atoms with Gasteiger partial charge in [0.25, 0.3) is 0 Å². The SMILES string of the molecule is CC(C)C[C@H](NC(=O)[C@H](Cc1ccccc1)NC(=O)CNC(=O)[C@H](C)NC(=O)[C@H](Cc1ccc(OC(=O)OC(C)(C)C)cc1)NC(=O)OC(C)(C)C)C(=O)N[C@H](CC[C@H](C)N=C(N)N)C(=O)O. The normalized spacial score (nSPS) is 14.0. The van der Waals surface area contributed by atoms with Crippen LogP contribution in [0.2, 0.25) is 0 Å². The predicted octanol–water partition coefficient (Wildman–Crippen LogP) is 2.33. The van der Waals surface area contributed by atoms with Gasteiger partial charge in [0.15, 0.2) is 5.96 Å². The number of carbonyl (C=O) groups is 8. The molecular weight excluding hydrogens is 871 g/mol. The first-order valence-electron chi connectivity index (χ1n) is 21.9. The first-order valence-corrected chi connectivity index (χ1v) is 21.9. The van der Waals surface area contributed by atoms with Crippen molar-refractivity contribution in [3.05, 3.63) is 65.7 Å². The van der Waals surface area contributed by atoms with Gasteiger partial charge in [0.05, 0.1) is 12.6 Å². The van der Waals surface area contributed by atoms with E-state index in [0.717, 1.165) is 0 Å². The molecule has 67 heavy (non-hydrogen) atoms. The topological polar surface area (TPSA) is 321 Å². The quantitative estimate of drug-likeness (QED) is 0.0334. The fourth-order valence-corrected chi connectivity index (χ4v) is 6.19. The zero-order valence-electron chi connectivity index (χ0n) is 40.0. The molecule has 2 rings (SSSR count). The second-order valence-electron chi connectivity index (χ2n) is 18.4. The minimum Gasteiger partial charge on any atom is -0.480 e. The van der Waals surface area contributed by atoms with E-state index >= 15 is 0 Å². The highest BCUT2D eigenvalue weighted by atomic mass is 16.7. The van der Waals surface area contributed by atoms with Gasteiger partial charge in [-0.05, 0) is 104 Å². The van der Waals surface area contributed by atoms with Crippen LogP contribution in [-0.4, -0.2) is 113 Å². The third-order valence-corrected chi connectivity index (χ3v) is 9.27. The van der Waals surface area contributed by atoms with Crippen LogP contribution in [0.5, 0.6) is 5.75 Å². The van der Waals surface area contributed by atoms with E-state index in [1.54, 1.807) is 90.9 Å². The van der Waals surface area contributed by atoms with Crippen LogP contribution in [0.1, 0.15) is 99.6 Å². The Bertz CT molecular complexity index is 2030. The van der Waals surface area contributed by atoms with Crippen molar-refractivity contribution in [2.24, 2.45) is 22.4 Å². The van der Waals surface area contributed by atoms with Crippen molar-refractivity contribution in [2.45, 2.75) is 149 Å². The number of aliphatic imine (C=N–C) groups is 1. The van der Waals surface area contributed by atoms with Crippen molar-refractivity contribution in [1.82, 2.24) is 31.9 Å². The van der Waals surface area contributed by atoms with E-state index in [0.29, 0.717) is 11.1 Å². The first kappa shape index (κ1) is 56.2. The van der Waals surface area contributed by atoms with E-state index in [4.69, 9.17) is 25.7 Å². The Balaban J connectivity index is 2.18. The average Bonchev–Trinajstić information content (AvgIpc) is 3.19. The molecule has 0 saturated carbocycles. The highest BCUT2D eigenvalue weighted by Gasteiger charge is 2.32. The molecule has 2 aromatic carbocycles. The molecule has 0 aromatic heterocycles. The smallest absolute Gasteiger partial charge is 0.480 e. The molecule has 2 aromatic rings.